The van der Waals surface area contributed by atoms with Crippen LogP contribution in [0.2, 0.25) is 0 Å². The Morgan fingerprint density at radius 3 is 2.73 bits per heavy atom. The Balaban J connectivity index is 1.25. The zero-order chi connectivity index (χ0) is 22.6. The molecule has 0 fully saturated rings. The van der Waals surface area contributed by atoms with Gasteiger partial charge in [-0.2, -0.15) is 5.10 Å². The number of hydrogen-bond acceptors (Lipinski definition) is 9. The molecule has 5 rings (SSSR count). The number of carbonyl (C=O) groups excluding carboxylic acids is 1. The minimum Gasteiger partial charge on any atom is -0.467 e. The Kier molecular flexibility index (Phi) is 6.27. The Labute approximate surface area is 198 Å². The lowest BCUT2D eigenvalue weighted by Crippen LogP contribution is -2.28. The lowest BCUT2D eigenvalue weighted by Gasteiger charge is -2.19. The van der Waals surface area contributed by atoms with Gasteiger partial charge < -0.3 is 14.2 Å². The molecule has 0 spiro atoms. The van der Waals surface area contributed by atoms with Crippen LogP contribution < -0.4 is 5.32 Å². The molecular weight excluding hydrogens is 458 g/mol. The van der Waals surface area contributed by atoms with Crippen LogP contribution in [0.5, 0.6) is 0 Å². The minimum atomic E-state index is -0.260. The monoisotopic (exact) mass is 479 g/mol. The zero-order valence-corrected chi connectivity index (χ0v) is 19.4. The molecule has 4 aromatic rings. The van der Waals surface area contributed by atoms with E-state index in [1.807, 2.05) is 55.5 Å². The van der Waals surface area contributed by atoms with Gasteiger partial charge in [-0.25, -0.2) is 5.01 Å². The van der Waals surface area contributed by atoms with Crippen molar-refractivity contribution in [3.05, 3.63) is 83.7 Å². The van der Waals surface area contributed by atoms with E-state index in [1.54, 1.807) is 12.5 Å². The van der Waals surface area contributed by atoms with Crippen LogP contribution >= 0.6 is 23.1 Å². The largest absolute Gasteiger partial charge is 0.467 e. The van der Waals surface area contributed by atoms with Crippen molar-refractivity contribution in [1.82, 2.24) is 15.2 Å². The number of amides is 1. The van der Waals surface area contributed by atoms with Crippen molar-refractivity contribution in [2.45, 2.75) is 30.3 Å². The lowest BCUT2D eigenvalue weighted by molar-refractivity contribution is -0.130. The number of nitrogens with one attached hydrogen (secondary N) is 1. The van der Waals surface area contributed by atoms with Crippen LogP contribution in [0.3, 0.4) is 0 Å². The first-order valence-electron chi connectivity index (χ1n) is 10.4. The van der Waals surface area contributed by atoms with Gasteiger partial charge in [0.05, 0.1) is 30.5 Å². The number of hydrogen-bond donors (Lipinski definition) is 1. The molecule has 10 heteroatoms. The molecule has 1 aromatic carbocycles. The highest BCUT2D eigenvalue weighted by molar-refractivity contribution is 8.01. The number of thioether (sulfide) groups is 1. The Morgan fingerprint density at radius 2 is 1.97 bits per heavy atom. The highest BCUT2D eigenvalue weighted by Crippen LogP contribution is 2.34. The number of benzene rings is 1. The molecule has 1 aliphatic rings. The molecule has 0 bridgehead atoms. The van der Waals surface area contributed by atoms with Crippen LogP contribution in [-0.4, -0.2) is 32.6 Å². The quantitative estimate of drug-likeness (QED) is 0.351. The van der Waals surface area contributed by atoms with Crippen molar-refractivity contribution in [3.8, 4) is 0 Å². The highest BCUT2D eigenvalue weighted by Gasteiger charge is 2.34. The van der Waals surface area contributed by atoms with E-state index >= 15 is 0 Å². The SMILES string of the molecule is Cc1ccc(C2=NN(C(=O)CSc3nnc(NCc4ccco4)s3)[C@@H](c3ccco3)C2)cc1. The van der Waals surface area contributed by atoms with E-state index < -0.39 is 0 Å². The number of aromatic nitrogens is 2. The highest BCUT2D eigenvalue weighted by atomic mass is 32.2. The predicted molar refractivity (Wildman–Crippen MR) is 127 cm³/mol. The Hall–Kier alpha value is -3.37. The molecule has 0 unspecified atom stereocenters. The van der Waals surface area contributed by atoms with Crippen molar-refractivity contribution in [3.63, 3.8) is 0 Å². The second kappa shape index (κ2) is 9.63. The molecular formula is C23H21N5O3S2. The first-order chi connectivity index (χ1) is 16.2. The van der Waals surface area contributed by atoms with Crippen LogP contribution in [0, 0.1) is 6.92 Å². The van der Waals surface area contributed by atoms with Gasteiger partial charge in [0.15, 0.2) is 4.34 Å². The molecule has 1 N–H and O–H groups in total. The summed E-state index contributed by atoms with van der Waals surface area (Å²) in [5.74, 6) is 1.63. The first-order valence-corrected chi connectivity index (χ1v) is 12.2. The van der Waals surface area contributed by atoms with E-state index in [2.05, 4.69) is 20.6 Å². The number of hydrazone groups is 1. The summed E-state index contributed by atoms with van der Waals surface area (Å²) < 4.78 is 11.6. The second-order valence-corrected chi connectivity index (χ2v) is 9.68. The maximum absolute atomic E-state index is 13.1. The number of furan rings is 2. The first kappa shape index (κ1) is 21.5. The fourth-order valence-corrected chi connectivity index (χ4v) is 5.07. The van der Waals surface area contributed by atoms with Gasteiger partial charge in [0.1, 0.15) is 17.6 Å². The van der Waals surface area contributed by atoms with Crippen molar-refractivity contribution in [2.24, 2.45) is 5.10 Å². The predicted octanol–water partition coefficient (Wildman–Crippen LogP) is 5.11. The van der Waals surface area contributed by atoms with Gasteiger partial charge >= 0.3 is 0 Å². The zero-order valence-electron chi connectivity index (χ0n) is 17.8. The number of carbonyl (C=O) groups is 1. The van der Waals surface area contributed by atoms with Crippen molar-refractivity contribution < 1.29 is 13.6 Å². The molecule has 0 radical (unpaired) electrons. The fourth-order valence-electron chi connectivity index (χ4n) is 3.47. The third-order valence-corrected chi connectivity index (χ3v) is 7.14. The van der Waals surface area contributed by atoms with Gasteiger partial charge in [-0.15, -0.1) is 10.2 Å². The molecule has 0 saturated carbocycles. The molecule has 4 heterocycles. The summed E-state index contributed by atoms with van der Waals surface area (Å²) >= 11 is 2.75. The molecule has 168 valence electrons. The van der Waals surface area contributed by atoms with Gasteiger partial charge in [0.2, 0.25) is 5.13 Å². The smallest absolute Gasteiger partial charge is 0.253 e. The van der Waals surface area contributed by atoms with Crippen LogP contribution in [0.25, 0.3) is 0 Å². The standard InChI is InChI=1S/C23H21N5O3S2/c1-15-6-8-16(9-7-15)18-12-19(20-5-3-11-31-20)28(27-18)21(29)14-32-23-26-25-22(33-23)24-13-17-4-2-10-30-17/h2-11,19H,12-14H2,1H3,(H,24,25)/t19-/m1/s1. The van der Waals surface area contributed by atoms with E-state index in [0.717, 1.165) is 22.8 Å². The number of aryl methyl sites for hydroxylation is 1. The van der Waals surface area contributed by atoms with Gasteiger partial charge in [-0.3, -0.25) is 4.79 Å². The summed E-state index contributed by atoms with van der Waals surface area (Å²) in [6.07, 6.45) is 3.85. The third kappa shape index (κ3) is 5.01. The summed E-state index contributed by atoms with van der Waals surface area (Å²) in [5.41, 5.74) is 3.06. The lowest BCUT2D eigenvalue weighted by atomic mass is 10.0. The minimum absolute atomic E-state index is 0.108. The van der Waals surface area contributed by atoms with E-state index in [0.29, 0.717) is 22.4 Å². The van der Waals surface area contributed by atoms with E-state index in [4.69, 9.17) is 8.83 Å². The van der Waals surface area contributed by atoms with Crippen LogP contribution in [0.4, 0.5) is 5.13 Å². The third-order valence-electron chi connectivity index (χ3n) is 5.14. The molecule has 1 amide bonds. The number of nitrogens with zero attached hydrogens (tertiary/aromatic N) is 4. The van der Waals surface area contributed by atoms with Gasteiger partial charge in [-0.05, 0) is 36.8 Å². The maximum atomic E-state index is 13.1. The van der Waals surface area contributed by atoms with Crippen molar-refractivity contribution in [1.29, 1.82) is 0 Å². The summed E-state index contributed by atoms with van der Waals surface area (Å²) in [7, 11) is 0. The van der Waals surface area contributed by atoms with E-state index in [1.165, 1.54) is 33.7 Å². The average Bonchev–Trinajstić information content (AvgIpc) is 3.62. The molecule has 3 aromatic heterocycles. The van der Waals surface area contributed by atoms with Gasteiger partial charge in [0, 0.05) is 6.42 Å². The molecule has 0 saturated heterocycles. The van der Waals surface area contributed by atoms with E-state index in [-0.39, 0.29) is 17.7 Å². The average molecular weight is 480 g/mol. The van der Waals surface area contributed by atoms with Crippen molar-refractivity contribution >= 4 is 39.8 Å². The molecule has 1 atom stereocenters. The second-order valence-electron chi connectivity index (χ2n) is 7.48. The molecule has 0 aliphatic carbocycles. The fraction of sp³-hybridized carbons (Fsp3) is 0.217. The summed E-state index contributed by atoms with van der Waals surface area (Å²) in [4.78, 5) is 13.1. The normalized spacial score (nSPS) is 15.6. The summed E-state index contributed by atoms with van der Waals surface area (Å²) in [5, 5.41) is 18.4. The van der Waals surface area contributed by atoms with E-state index in [9.17, 15) is 4.79 Å². The van der Waals surface area contributed by atoms with Crippen LogP contribution in [0.1, 0.15) is 35.1 Å². The van der Waals surface area contributed by atoms with Crippen LogP contribution in [0.15, 0.2) is 79.3 Å². The Morgan fingerprint density at radius 1 is 1.15 bits per heavy atom. The Bertz CT molecular complexity index is 1230. The maximum Gasteiger partial charge on any atom is 0.253 e. The summed E-state index contributed by atoms with van der Waals surface area (Å²) in [6, 6.07) is 15.3. The summed E-state index contributed by atoms with van der Waals surface area (Å²) in [6.45, 7) is 2.57. The van der Waals surface area contributed by atoms with Crippen molar-refractivity contribution in [2.75, 3.05) is 11.1 Å². The molecule has 33 heavy (non-hydrogen) atoms. The van der Waals surface area contributed by atoms with Crippen LogP contribution in [-0.2, 0) is 11.3 Å². The van der Waals surface area contributed by atoms with Gasteiger partial charge in [0.25, 0.3) is 5.91 Å². The van der Waals surface area contributed by atoms with Gasteiger partial charge in [-0.1, -0.05) is 52.9 Å². The topological polar surface area (TPSA) is 96.8 Å². The number of rotatable bonds is 8. The molecule has 8 nitrogen and oxygen atoms in total. The molecule has 1 aliphatic heterocycles. The number of anilines is 1.